The Morgan fingerprint density at radius 1 is 1.27 bits per heavy atom. The summed E-state index contributed by atoms with van der Waals surface area (Å²) in [5.74, 6) is 0.212. The van der Waals surface area contributed by atoms with Crippen LogP contribution in [0.15, 0.2) is 42.7 Å². The minimum atomic E-state index is -1.21. The second-order valence-corrected chi connectivity index (χ2v) is 5.11. The largest absolute Gasteiger partial charge is 0.490 e. The van der Waals surface area contributed by atoms with Crippen molar-refractivity contribution in [3.8, 4) is 5.75 Å². The molecule has 0 saturated heterocycles. The van der Waals surface area contributed by atoms with Gasteiger partial charge in [0.2, 0.25) is 0 Å². The van der Waals surface area contributed by atoms with E-state index in [2.05, 4.69) is 10.3 Å². The number of rotatable bonds is 6. The van der Waals surface area contributed by atoms with Gasteiger partial charge in [-0.05, 0) is 42.7 Å². The van der Waals surface area contributed by atoms with Crippen molar-refractivity contribution >= 4 is 5.91 Å². The van der Waals surface area contributed by atoms with Crippen molar-refractivity contribution in [2.75, 3.05) is 6.61 Å². The molecule has 116 valence electrons. The van der Waals surface area contributed by atoms with Gasteiger partial charge in [0.1, 0.15) is 12.4 Å². The highest BCUT2D eigenvalue weighted by Gasteiger charge is 2.16. The minimum Gasteiger partial charge on any atom is -0.490 e. The number of aromatic nitrogens is 1. The zero-order chi connectivity index (χ0) is 15.9. The van der Waals surface area contributed by atoms with Crippen LogP contribution in [0.2, 0.25) is 0 Å². The molecule has 0 fully saturated rings. The molecule has 2 aromatic rings. The van der Waals surface area contributed by atoms with E-state index >= 15 is 0 Å². The van der Waals surface area contributed by atoms with Crippen LogP contribution >= 0.6 is 0 Å². The molecule has 0 aliphatic rings. The SMILES string of the molecule is Cc1cnccc1CNC(=O)C(O)COc1ccccc1C. The van der Waals surface area contributed by atoms with Crippen molar-refractivity contribution in [1.29, 1.82) is 0 Å². The van der Waals surface area contributed by atoms with Crippen LogP contribution in [-0.2, 0) is 11.3 Å². The van der Waals surface area contributed by atoms with Crippen LogP contribution in [0.4, 0.5) is 0 Å². The van der Waals surface area contributed by atoms with E-state index in [4.69, 9.17) is 4.74 Å². The number of para-hydroxylation sites is 1. The monoisotopic (exact) mass is 300 g/mol. The van der Waals surface area contributed by atoms with Gasteiger partial charge in [-0.2, -0.15) is 0 Å². The standard InChI is InChI=1S/C17H20N2O3/c1-12-5-3-4-6-16(12)22-11-15(20)17(21)19-10-14-7-8-18-9-13(14)2/h3-9,15,20H,10-11H2,1-2H3,(H,19,21). The van der Waals surface area contributed by atoms with E-state index in [-0.39, 0.29) is 6.61 Å². The second-order valence-electron chi connectivity index (χ2n) is 5.11. The summed E-state index contributed by atoms with van der Waals surface area (Å²) in [5.41, 5.74) is 2.92. The summed E-state index contributed by atoms with van der Waals surface area (Å²) >= 11 is 0. The molecular weight excluding hydrogens is 280 g/mol. The van der Waals surface area contributed by atoms with Crippen LogP contribution in [0.25, 0.3) is 0 Å². The number of carbonyl (C=O) groups excluding carboxylic acids is 1. The molecule has 1 aromatic carbocycles. The Labute approximate surface area is 130 Å². The number of hydrogen-bond donors (Lipinski definition) is 2. The van der Waals surface area contributed by atoms with Gasteiger partial charge in [0.25, 0.3) is 5.91 Å². The van der Waals surface area contributed by atoms with Gasteiger partial charge < -0.3 is 15.2 Å². The first-order chi connectivity index (χ1) is 10.6. The molecule has 2 rings (SSSR count). The molecule has 5 nitrogen and oxygen atoms in total. The highest BCUT2D eigenvalue weighted by Crippen LogP contribution is 2.16. The molecule has 0 aliphatic heterocycles. The molecule has 0 radical (unpaired) electrons. The molecule has 1 heterocycles. The second kappa shape index (κ2) is 7.56. The zero-order valence-electron chi connectivity index (χ0n) is 12.7. The van der Waals surface area contributed by atoms with Gasteiger partial charge in [0, 0.05) is 18.9 Å². The molecule has 0 aliphatic carbocycles. The highest BCUT2D eigenvalue weighted by atomic mass is 16.5. The van der Waals surface area contributed by atoms with Crippen LogP contribution in [0.5, 0.6) is 5.75 Å². The van der Waals surface area contributed by atoms with E-state index in [0.717, 1.165) is 16.7 Å². The number of ether oxygens (including phenoxy) is 1. The number of carbonyl (C=O) groups is 1. The molecule has 22 heavy (non-hydrogen) atoms. The van der Waals surface area contributed by atoms with Crippen molar-refractivity contribution in [3.63, 3.8) is 0 Å². The van der Waals surface area contributed by atoms with Gasteiger partial charge >= 0.3 is 0 Å². The fraction of sp³-hybridized carbons (Fsp3) is 0.294. The maximum Gasteiger partial charge on any atom is 0.252 e. The number of aliphatic hydroxyl groups excluding tert-OH is 1. The van der Waals surface area contributed by atoms with E-state index in [0.29, 0.717) is 12.3 Å². The number of aliphatic hydroxyl groups is 1. The predicted molar refractivity (Wildman–Crippen MR) is 83.5 cm³/mol. The summed E-state index contributed by atoms with van der Waals surface area (Å²) in [6.07, 6.45) is 2.20. The molecule has 1 atom stereocenters. The molecule has 0 spiro atoms. The van der Waals surface area contributed by atoms with E-state index in [9.17, 15) is 9.90 Å². The molecular formula is C17H20N2O3. The summed E-state index contributed by atoms with van der Waals surface area (Å²) in [7, 11) is 0. The van der Waals surface area contributed by atoms with Crippen molar-refractivity contribution < 1.29 is 14.6 Å². The molecule has 1 unspecified atom stereocenters. The number of amides is 1. The lowest BCUT2D eigenvalue weighted by Crippen LogP contribution is -2.38. The number of aryl methyl sites for hydroxylation is 2. The third-order valence-electron chi connectivity index (χ3n) is 3.38. The fourth-order valence-electron chi connectivity index (χ4n) is 1.96. The molecule has 5 heteroatoms. The normalized spacial score (nSPS) is 11.8. The lowest BCUT2D eigenvalue weighted by molar-refractivity contribution is -0.130. The third kappa shape index (κ3) is 4.30. The summed E-state index contributed by atoms with van der Waals surface area (Å²) in [6.45, 7) is 4.11. The van der Waals surface area contributed by atoms with Crippen molar-refractivity contribution in [3.05, 3.63) is 59.4 Å². The number of hydrogen-bond acceptors (Lipinski definition) is 4. The maximum atomic E-state index is 11.9. The summed E-state index contributed by atoms with van der Waals surface area (Å²) < 4.78 is 5.47. The third-order valence-corrected chi connectivity index (χ3v) is 3.38. The molecule has 1 amide bonds. The number of benzene rings is 1. The average Bonchev–Trinajstić information content (AvgIpc) is 2.52. The fourth-order valence-corrected chi connectivity index (χ4v) is 1.96. The van der Waals surface area contributed by atoms with E-state index in [1.807, 2.05) is 38.1 Å². The van der Waals surface area contributed by atoms with Gasteiger partial charge in [-0.25, -0.2) is 0 Å². The lowest BCUT2D eigenvalue weighted by atomic mass is 10.1. The molecule has 1 aromatic heterocycles. The Morgan fingerprint density at radius 3 is 2.77 bits per heavy atom. The Bertz CT molecular complexity index is 643. The van der Waals surface area contributed by atoms with Crippen molar-refractivity contribution in [1.82, 2.24) is 10.3 Å². The summed E-state index contributed by atoms with van der Waals surface area (Å²) in [5, 5.41) is 12.6. The topological polar surface area (TPSA) is 71.5 Å². The first-order valence-corrected chi connectivity index (χ1v) is 7.11. The summed E-state index contributed by atoms with van der Waals surface area (Å²) in [6, 6.07) is 9.31. The Morgan fingerprint density at radius 2 is 2.05 bits per heavy atom. The van der Waals surface area contributed by atoms with Gasteiger partial charge in [-0.3, -0.25) is 9.78 Å². The first kappa shape index (κ1) is 16.0. The van der Waals surface area contributed by atoms with Gasteiger partial charge in [-0.1, -0.05) is 18.2 Å². The first-order valence-electron chi connectivity index (χ1n) is 7.11. The maximum absolute atomic E-state index is 11.9. The van der Waals surface area contributed by atoms with Crippen LogP contribution in [0, 0.1) is 13.8 Å². The zero-order valence-corrected chi connectivity index (χ0v) is 12.7. The van der Waals surface area contributed by atoms with Crippen molar-refractivity contribution in [2.24, 2.45) is 0 Å². The van der Waals surface area contributed by atoms with Crippen LogP contribution < -0.4 is 10.1 Å². The highest BCUT2D eigenvalue weighted by molar-refractivity contribution is 5.80. The predicted octanol–water partition coefficient (Wildman–Crippen LogP) is 1.75. The molecule has 2 N–H and O–H groups in total. The van der Waals surface area contributed by atoms with Gasteiger partial charge in [0.05, 0.1) is 0 Å². The average molecular weight is 300 g/mol. The van der Waals surface area contributed by atoms with E-state index in [1.165, 1.54) is 0 Å². The smallest absolute Gasteiger partial charge is 0.252 e. The lowest BCUT2D eigenvalue weighted by Gasteiger charge is -2.14. The van der Waals surface area contributed by atoms with Crippen LogP contribution in [0.3, 0.4) is 0 Å². The van der Waals surface area contributed by atoms with Crippen LogP contribution in [0.1, 0.15) is 16.7 Å². The Balaban J connectivity index is 1.82. The Kier molecular flexibility index (Phi) is 5.49. The van der Waals surface area contributed by atoms with E-state index < -0.39 is 12.0 Å². The molecule has 0 saturated carbocycles. The van der Waals surface area contributed by atoms with Gasteiger partial charge in [-0.15, -0.1) is 0 Å². The quantitative estimate of drug-likeness (QED) is 0.852. The van der Waals surface area contributed by atoms with Crippen molar-refractivity contribution in [2.45, 2.75) is 26.5 Å². The summed E-state index contributed by atoms with van der Waals surface area (Å²) in [4.78, 5) is 15.9. The number of nitrogens with zero attached hydrogens (tertiary/aromatic N) is 1. The van der Waals surface area contributed by atoms with Gasteiger partial charge in [0.15, 0.2) is 6.10 Å². The number of pyridine rings is 1. The van der Waals surface area contributed by atoms with Crippen LogP contribution in [-0.4, -0.2) is 28.7 Å². The van der Waals surface area contributed by atoms with E-state index in [1.54, 1.807) is 18.5 Å². The number of nitrogens with one attached hydrogen (secondary N) is 1. The molecule has 0 bridgehead atoms. The minimum absolute atomic E-state index is 0.0774. The Hall–Kier alpha value is -2.40.